The van der Waals surface area contributed by atoms with Crippen molar-refractivity contribution in [2.24, 2.45) is 5.41 Å². The molecule has 0 amide bonds. The van der Waals surface area contributed by atoms with E-state index in [1.807, 2.05) is 24.3 Å². The summed E-state index contributed by atoms with van der Waals surface area (Å²) in [5, 5.41) is 19.1. The van der Waals surface area contributed by atoms with Crippen LogP contribution < -0.4 is 0 Å². The van der Waals surface area contributed by atoms with Gasteiger partial charge in [-0.2, -0.15) is 5.26 Å². The van der Waals surface area contributed by atoms with Gasteiger partial charge in [0.05, 0.1) is 17.7 Å². The third-order valence-corrected chi connectivity index (χ3v) is 3.75. The molecule has 1 aromatic rings. The van der Waals surface area contributed by atoms with Gasteiger partial charge in [-0.05, 0) is 29.9 Å². The van der Waals surface area contributed by atoms with Gasteiger partial charge in [0.2, 0.25) is 0 Å². The van der Waals surface area contributed by atoms with E-state index in [9.17, 15) is 5.11 Å². The van der Waals surface area contributed by atoms with Crippen molar-refractivity contribution in [3.63, 3.8) is 0 Å². The van der Waals surface area contributed by atoms with Crippen molar-refractivity contribution in [2.45, 2.75) is 39.3 Å². The van der Waals surface area contributed by atoms with Gasteiger partial charge in [0, 0.05) is 19.6 Å². The Balaban J connectivity index is 2.12. The van der Waals surface area contributed by atoms with Crippen LogP contribution in [0.1, 0.15) is 37.8 Å². The van der Waals surface area contributed by atoms with Gasteiger partial charge in [-0.15, -0.1) is 0 Å². The second kappa shape index (κ2) is 5.73. The van der Waals surface area contributed by atoms with Crippen molar-refractivity contribution in [2.75, 3.05) is 13.1 Å². The summed E-state index contributed by atoms with van der Waals surface area (Å²) >= 11 is 0. The zero-order valence-corrected chi connectivity index (χ0v) is 11.8. The number of aliphatic hydroxyl groups is 1. The highest BCUT2D eigenvalue weighted by molar-refractivity contribution is 5.37. The number of rotatable bonds is 2. The molecule has 3 nitrogen and oxygen atoms in total. The number of hydrogen-bond acceptors (Lipinski definition) is 3. The van der Waals surface area contributed by atoms with Crippen LogP contribution >= 0.6 is 0 Å². The maximum atomic E-state index is 9.93. The average Bonchev–Trinajstić information content (AvgIpc) is 2.47. The molecule has 1 aliphatic rings. The van der Waals surface area contributed by atoms with E-state index in [0.29, 0.717) is 0 Å². The molecule has 0 aromatic heterocycles. The number of hydrogen-bond donors (Lipinski definition) is 1. The van der Waals surface area contributed by atoms with Gasteiger partial charge in [-0.3, -0.25) is 4.90 Å². The minimum Gasteiger partial charge on any atom is -0.393 e. The smallest absolute Gasteiger partial charge is 0.0995 e. The molecule has 19 heavy (non-hydrogen) atoms. The van der Waals surface area contributed by atoms with Gasteiger partial charge >= 0.3 is 0 Å². The molecule has 1 fully saturated rings. The van der Waals surface area contributed by atoms with E-state index in [4.69, 9.17) is 5.26 Å². The molecule has 1 aromatic carbocycles. The van der Waals surface area contributed by atoms with Crippen molar-refractivity contribution >= 4 is 0 Å². The van der Waals surface area contributed by atoms with Crippen molar-refractivity contribution in [3.05, 3.63) is 35.4 Å². The molecule has 1 heterocycles. The summed E-state index contributed by atoms with van der Waals surface area (Å²) in [7, 11) is 0. The minimum absolute atomic E-state index is 0.123. The van der Waals surface area contributed by atoms with Crippen LogP contribution in [-0.4, -0.2) is 29.2 Å². The second-order valence-corrected chi connectivity index (χ2v) is 6.29. The van der Waals surface area contributed by atoms with E-state index >= 15 is 0 Å². The van der Waals surface area contributed by atoms with Gasteiger partial charge in [0.15, 0.2) is 0 Å². The zero-order chi connectivity index (χ0) is 13.9. The van der Waals surface area contributed by atoms with Crippen LogP contribution in [0.3, 0.4) is 0 Å². The Morgan fingerprint density at radius 3 is 2.89 bits per heavy atom. The van der Waals surface area contributed by atoms with Crippen molar-refractivity contribution in [3.8, 4) is 6.07 Å². The van der Waals surface area contributed by atoms with E-state index in [2.05, 4.69) is 24.8 Å². The Hall–Kier alpha value is -1.37. The van der Waals surface area contributed by atoms with Gasteiger partial charge in [-0.25, -0.2) is 0 Å². The van der Waals surface area contributed by atoms with Crippen molar-refractivity contribution in [1.82, 2.24) is 4.90 Å². The Bertz CT molecular complexity index is 476. The van der Waals surface area contributed by atoms with E-state index in [0.717, 1.165) is 43.6 Å². The highest BCUT2D eigenvalue weighted by Gasteiger charge is 2.29. The maximum absolute atomic E-state index is 9.93. The molecule has 3 heteroatoms. The normalized spacial score (nSPS) is 23.6. The molecule has 0 spiro atoms. The molecular formula is C16H22N2O. The van der Waals surface area contributed by atoms with Crippen LogP contribution in [0.2, 0.25) is 0 Å². The van der Waals surface area contributed by atoms with Gasteiger partial charge < -0.3 is 5.11 Å². The lowest BCUT2D eigenvalue weighted by molar-refractivity contribution is 0.121. The van der Waals surface area contributed by atoms with Crippen LogP contribution in [0.5, 0.6) is 0 Å². The molecule has 0 unspecified atom stereocenters. The first kappa shape index (κ1) is 14.0. The van der Waals surface area contributed by atoms with Crippen molar-refractivity contribution < 1.29 is 5.11 Å². The third-order valence-electron chi connectivity index (χ3n) is 3.75. The standard InChI is InChI=1S/C16H22N2O/c1-16(2)9-15(19)7-8-18(12-16)11-14-6-4-3-5-13(14)10-17/h3-6,15,19H,7-9,11-12H2,1-2H3/t15-/m0/s1. The molecule has 102 valence electrons. The first-order valence-electron chi connectivity index (χ1n) is 6.88. The Kier molecular flexibility index (Phi) is 4.24. The van der Waals surface area contributed by atoms with Crippen molar-refractivity contribution in [1.29, 1.82) is 5.26 Å². The summed E-state index contributed by atoms with van der Waals surface area (Å²) in [5.74, 6) is 0. The summed E-state index contributed by atoms with van der Waals surface area (Å²) < 4.78 is 0. The Morgan fingerprint density at radius 1 is 1.42 bits per heavy atom. The highest BCUT2D eigenvalue weighted by Crippen LogP contribution is 2.29. The van der Waals surface area contributed by atoms with Gasteiger partial charge in [-0.1, -0.05) is 32.0 Å². The third kappa shape index (κ3) is 3.79. The van der Waals surface area contributed by atoms with E-state index in [1.54, 1.807) is 0 Å². The summed E-state index contributed by atoms with van der Waals surface area (Å²) in [5.41, 5.74) is 1.96. The molecule has 0 aliphatic carbocycles. The minimum atomic E-state index is -0.203. The van der Waals surface area contributed by atoms with Crippen LogP contribution in [0.25, 0.3) is 0 Å². The molecule has 1 saturated heterocycles. The van der Waals surface area contributed by atoms with Gasteiger partial charge in [0.1, 0.15) is 0 Å². The fourth-order valence-corrected chi connectivity index (χ4v) is 2.96. The molecule has 2 rings (SSSR count). The summed E-state index contributed by atoms with van der Waals surface area (Å²) in [6.07, 6.45) is 1.47. The fraction of sp³-hybridized carbons (Fsp3) is 0.562. The summed E-state index contributed by atoms with van der Waals surface area (Å²) in [4.78, 5) is 2.35. The fourth-order valence-electron chi connectivity index (χ4n) is 2.96. The number of likely N-dealkylation sites (tertiary alicyclic amines) is 1. The zero-order valence-electron chi connectivity index (χ0n) is 11.8. The number of benzene rings is 1. The van der Waals surface area contributed by atoms with Crippen LogP contribution in [0.15, 0.2) is 24.3 Å². The van der Waals surface area contributed by atoms with E-state index in [1.165, 1.54) is 0 Å². The molecular weight excluding hydrogens is 236 g/mol. The monoisotopic (exact) mass is 258 g/mol. The molecule has 1 N–H and O–H groups in total. The number of nitrogens with zero attached hydrogens (tertiary/aromatic N) is 2. The lowest BCUT2D eigenvalue weighted by Crippen LogP contribution is -2.32. The quantitative estimate of drug-likeness (QED) is 0.886. The summed E-state index contributed by atoms with van der Waals surface area (Å²) in [6.45, 7) is 7.05. The second-order valence-electron chi connectivity index (χ2n) is 6.29. The largest absolute Gasteiger partial charge is 0.393 e. The number of aliphatic hydroxyl groups excluding tert-OH is 1. The summed E-state index contributed by atoms with van der Waals surface area (Å²) in [6, 6.07) is 10.0. The molecule has 0 bridgehead atoms. The molecule has 0 radical (unpaired) electrons. The van der Waals surface area contributed by atoms with Crippen LogP contribution in [0.4, 0.5) is 0 Å². The van der Waals surface area contributed by atoms with E-state index < -0.39 is 0 Å². The predicted molar refractivity (Wildman–Crippen MR) is 75.5 cm³/mol. The molecule has 1 aliphatic heterocycles. The first-order chi connectivity index (χ1) is 9.00. The Labute approximate surface area is 115 Å². The number of nitriles is 1. The molecule has 0 saturated carbocycles. The predicted octanol–water partition coefficient (Wildman–Crippen LogP) is 2.54. The highest BCUT2D eigenvalue weighted by atomic mass is 16.3. The maximum Gasteiger partial charge on any atom is 0.0995 e. The molecule has 1 atom stereocenters. The van der Waals surface area contributed by atoms with E-state index in [-0.39, 0.29) is 11.5 Å². The van der Waals surface area contributed by atoms with Gasteiger partial charge in [0.25, 0.3) is 0 Å². The lowest BCUT2D eigenvalue weighted by Gasteiger charge is -2.29. The van der Waals surface area contributed by atoms with Crippen LogP contribution in [-0.2, 0) is 6.54 Å². The first-order valence-corrected chi connectivity index (χ1v) is 6.88. The SMILES string of the molecule is CC1(C)C[C@@H](O)CCN(Cc2ccccc2C#N)C1. The van der Waals surface area contributed by atoms with Crippen LogP contribution in [0, 0.1) is 16.7 Å². The topological polar surface area (TPSA) is 47.3 Å². The Morgan fingerprint density at radius 2 is 2.16 bits per heavy atom. The lowest BCUT2D eigenvalue weighted by atomic mass is 9.87. The average molecular weight is 258 g/mol.